The van der Waals surface area contributed by atoms with E-state index in [-0.39, 0.29) is 17.7 Å². The van der Waals surface area contributed by atoms with Gasteiger partial charge in [-0.15, -0.1) is 0 Å². The Bertz CT molecular complexity index is 881. The summed E-state index contributed by atoms with van der Waals surface area (Å²) in [6, 6.07) is 12.2. The van der Waals surface area contributed by atoms with Crippen molar-refractivity contribution in [2.45, 2.75) is 26.3 Å². The third-order valence-electron chi connectivity index (χ3n) is 4.30. The molecule has 6 nitrogen and oxygen atoms in total. The number of hydrogen-bond donors (Lipinski definition) is 2. The normalized spacial score (nSPS) is 13.6. The highest BCUT2D eigenvalue weighted by Gasteiger charge is 2.24. The third-order valence-corrected chi connectivity index (χ3v) is 4.62. The molecule has 0 spiro atoms. The average Bonchev–Trinajstić information content (AvgIpc) is 3.06. The van der Waals surface area contributed by atoms with Crippen molar-refractivity contribution in [3.8, 4) is 0 Å². The Morgan fingerprint density at radius 1 is 1.15 bits per heavy atom. The number of benzene rings is 2. The molecule has 2 N–H and O–H groups in total. The Kier molecular flexibility index (Phi) is 5.76. The van der Waals surface area contributed by atoms with Gasteiger partial charge >= 0.3 is 0 Å². The quantitative estimate of drug-likeness (QED) is 0.828. The summed E-state index contributed by atoms with van der Waals surface area (Å²) in [7, 11) is 0. The van der Waals surface area contributed by atoms with Gasteiger partial charge in [0.2, 0.25) is 11.8 Å². The molecule has 0 aromatic heterocycles. The van der Waals surface area contributed by atoms with Crippen LogP contribution in [0.2, 0.25) is 5.02 Å². The van der Waals surface area contributed by atoms with E-state index in [1.165, 1.54) is 6.92 Å². The number of carbonyl (C=O) groups is 3. The van der Waals surface area contributed by atoms with Gasteiger partial charge in [-0.25, -0.2) is 0 Å². The fourth-order valence-electron chi connectivity index (χ4n) is 2.96. The van der Waals surface area contributed by atoms with Crippen LogP contribution in [0.1, 0.15) is 35.7 Å². The number of rotatable bonds is 5. The zero-order valence-corrected chi connectivity index (χ0v) is 15.7. The largest absolute Gasteiger partial charge is 0.348 e. The molecule has 7 heteroatoms. The average molecular weight is 386 g/mol. The summed E-state index contributed by atoms with van der Waals surface area (Å²) >= 11 is 6.21. The molecule has 3 rings (SSSR count). The van der Waals surface area contributed by atoms with Crippen LogP contribution < -0.4 is 15.5 Å². The van der Waals surface area contributed by atoms with E-state index in [1.54, 1.807) is 35.2 Å². The maximum atomic E-state index is 12.5. The van der Waals surface area contributed by atoms with E-state index < -0.39 is 0 Å². The van der Waals surface area contributed by atoms with Crippen LogP contribution in [0.4, 0.5) is 11.4 Å². The molecule has 1 heterocycles. The second kappa shape index (κ2) is 8.22. The van der Waals surface area contributed by atoms with E-state index >= 15 is 0 Å². The second-order valence-corrected chi connectivity index (χ2v) is 6.78. The van der Waals surface area contributed by atoms with Crippen molar-refractivity contribution in [3.63, 3.8) is 0 Å². The van der Waals surface area contributed by atoms with E-state index in [0.717, 1.165) is 12.0 Å². The highest BCUT2D eigenvalue weighted by Crippen LogP contribution is 2.30. The first-order chi connectivity index (χ1) is 12.9. The molecule has 2 aromatic carbocycles. The molecule has 0 atom stereocenters. The fraction of sp³-hybridized carbons (Fsp3) is 0.250. The first-order valence-electron chi connectivity index (χ1n) is 8.68. The monoisotopic (exact) mass is 385 g/mol. The first kappa shape index (κ1) is 18.9. The lowest BCUT2D eigenvalue weighted by molar-refractivity contribution is -0.117. The molecule has 3 amide bonds. The van der Waals surface area contributed by atoms with E-state index in [1.807, 2.05) is 12.1 Å². The number of anilines is 2. The zero-order chi connectivity index (χ0) is 19.4. The van der Waals surface area contributed by atoms with Crippen molar-refractivity contribution in [2.24, 2.45) is 0 Å². The van der Waals surface area contributed by atoms with Crippen LogP contribution in [0.5, 0.6) is 0 Å². The standard InChI is InChI=1S/C20H20ClN3O3/c1-13(25)23-16-7-4-14(5-8-16)12-22-20(27)15-6-9-17(21)18(11-15)24-10-2-3-19(24)26/h4-9,11H,2-3,10,12H2,1H3,(H,22,27)(H,23,25). The van der Waals surface area contributed by atoms with Crippen molar-refractivity contribution in [3.05, 3.63) is 58.6 Å². The van der Waals surface area contributed by atoms with Gasteiger partial charge in [-0.1, -0.05) is 23.7 Å². The van der Waals surface area contributed by atoms with Gasteiger partial charge in [-0.3, -0.25) is 14.4 Å². The van der Waals surface area contributed by atoms with Gasteiger partial charge in [0.15, 0.2) is 0 Å². The van der Waals surface area contributed by atoms with Gasteiger partial charge in [-0.05, 0) is 42.3 Å². The molecule has 1 saturated heterocycles. The molecule has 140 valence electrons. The first-order valence-corrected chi connectivity index (χ1v) is 9.06. The lowest BCUT2D eigenvalue weighted by atomic mass is 10.1. The summed E-state index contributed by atoms with van der Waals surface area (Å²) in [5.74, 6) is -0.356. The molecule has 1 fully saturated rings. The molecule has 0 aliphatic carbocycles. The topological polar surface area (TPSA) is 78.5 Å². The number of halogens is 1. The minimum atomic E-state index is -0.245. The molecule has 0 unspecified atom stereocenters. The van der Waals surface area contributed by atoms with Gasteiger partial charge in [0.25, 0.3) is 5.91 Å². The Hall–Kier alpha value is -2.86. The predicted molar refractivity (Wildman–Crippen MR) is 105 cm³/mol. The summed E-state index contributed by atoms with van der Waals surface area (Å²) in [5, 5.41) is 6.00. The van der Waals surface area contributed by atoms with Crippen molar-refractivity contribution >= 4 is 40.7 Å². The van der Waals surface area contributed by atoms with E-state index in [4.69, 9.17) is 11.6 Å². The number of hydrogen-bond acceptors (Lipinski definition) is 3. The van der Waals surface area contributed by atoms with E-state index in [2.05, 4.69) is 10.6 Å². The van der Waals surface area contributed by atoms with E-state index in [9.17, 15) is 14.4 Å². The smallest absolute Gasteiger partial charge is 0.251 e. The summed E-state index contributed by atoms with van der Waals surface area (Å²) in [5.41, 5.74) is 2.63. The van der Waals surface area contributed by atoms with Gasteiger partial charge in [-0.2, -0.15) is 0 Å². The van der Waals surface area contributed by atoms with Crippen LogP contribution >= 0.6 is 11.6 Å². The number of amides is 3. The molecule has 0 saturated carbocycles. The number of nitrogens with zero attached hydrogens (tertiary/aromatic N) is 1. The molecule has 2 aromatic rings. The summed E-state index contributed by atoms with van der Waals surface area (Å²) in [4.78, 5) is 37.1. The SMILES string of the molecule is CC(=O)Nc1ccc(CNC(=O)c2ccc(Cl)c(N3CCCC3=O)c2)cc1. The highest BCUT2D eigenvalue weighted by molar-refractivity contribution is 6.34. The second-order valence-electron chi connectivity index (χ2n) is 6.38. The predicted octanol–water partition coefficient (Wildman–Crippen LogP) is 3.36. The van der Waals surface area contributed by atoms with Crippen LogP contribution in [0.15, 0.2) is 42.5 Å². The zero-order valence-electron chi connectivity index (χ0n) is 14.9. The van der Waals surface area contributed by atoms with Crippen molar-refractivity contribution < 1.29 is 14.4 Å². The van der Waals surface area contributed by atoms with Crippen molar-refractivity contribution in [2.75, 3.05) is 16.8 Å². The third kappa shape index (κ3) is 4.65. The van der Waals surface area contributed by atoms with Gasteiger partial charge in [0, 0.05) is 37.7 Å². The minimum Gasteiger partial charge on any atom is -0.348 e. The van der Waals surface area contributed by atoms with Crippen LogP contribution in [-0.4, -0.2) is 24.3 Å². The number of carbonyl (C=O) groups excluding carboxylic acids is 3. The molecule has 0 radical (unpaired) electrons. The van der Waals surface area contributed by atoms with Crippen LogP contribution in [0, 0.1) is 0 Å². The molecule has 0 bridgehead atoms. The van der Waals surface area contributed by atoms with Crippen molar-refractivity contribution in [1.29, 1.82) is 0 Å². The van der Waals surface area contributed by atoms with Gasteiger partial charge < -0.3 is 15.5 Å². The van der Waals surface area contributed by atoms with Crippen molar-refractivity contribution in [1.82, 2.24) is 5.32 Å². The van der Waals surface area contributed by atoms with Crippen LogP contribution in [0.3, 0.4) is 0 Å². The minimum absolute atomic E-state index is 0.0220. The Morgan fingerprint density at radius 3 is 2.52 bits per heavy atom. The molecular weight excluding hydrogens is 366 g/mol. The van der Waals surface area contributed by atoms with Gasteiger partial charge in [0.05, 0.1) is 10.7 Å². The van der Waals surface area contributed by atoms with E-state index in [0.29, 0.717) is 41.5 Å². The maximum Gasteiger partial charge on any atom is 0.251 e. The fourth-order valence-corrected chi connectivity index (χ4v) is 3.18. The van der Waals surface area contributed by atoms with Crippen LogP contribution in [-0.2, 0) is 16.1 Å². The maximum absolute atomic E-state index is 12.5. The lowest BCUT2D eigenvalue weighted by Gasteiger charge is -2.18. The lowest BCUT2D eigenvalue weighted by Crippen LogP contribution is -2.26. The Morgan fingerprint density at radius 2 is 1.89 bits per heavy atom. The summed E-state index contributed by atoms with van der Waals surface area (Å²) < 4.78 is 0. The molecular formula is C20H20ClN3O3. The highest BCUT2D eigenvalue weighted by atomic mass is 35.5. The molecule has 27 heavy (non-hydrogen) atoms. The number of nitrogens with one attached hydrogen (secondary N) is 2. The Balaban J connectivity index is 1.66. The molecule has 1 aliphatic heterocycles. The summed E-state index contributed by atoms with van der Waals surface area (Å²) in [6.07, 6.45) is 1.29. The molecule has 1 aliphatic rings. The van der Waals surface area contributed by atoms with Crippen LogP contribution in [0.25, 0.3) is 0 Å². The van der Waals surface area contributed by atoms with Gasteiger partial charge in [0.1, 0.15) is 0 Å². The summed E-state index contributed by atoms with van der Waals surface area (Å²) in [6.45, 7) is 2.41. The Labute approximate surface area is 162 Å².